The number of benzene rings is 2. The van der Waals surface area contributed by atoms with E-state index < -0.39 is 0 Å². The zero-order valence-electron chi connectivity index (χ0n) is 18.5. The Balaban J connectivity index is 0.00000341. The summed E-state index contributed by atoms with van der Waals surface area (Å²) < 4.78 is 11.0. The van der Waals surface area contributed by atoms with E-state index in [0.29, 0.717) is 19.8 Å². The largest absolute Gasteiger partial charge is 0.379 e. The molecule has 0 unspecified atom stereocenters. The molecule has 168 valence electrons. The molecule has 0 aromatic heterocycles. The summed E-state index contributed by atoms with van der Waals surface area (Å²) in [5.41, 5.74) is 5.13. The molecule has 3 rings (SSSR count). The second kappa shape index (κ2) is 14.2. The van der Waals surface area contributed by atoms with E-state index in [4.69, 9.17) is 9.47 Å². The summed E-state index contributed by atoms with van der Waals surface area (Å²) in [6, 6.07) is 19.1. The van der Waals surface area contributed by atoms with Gasteiger partial charge in [0.1, 0.15) is 0 Å². The molecule has 6 heteroatoms. The minimum atomic E-state index is 0. The summed E-state index contributed by atoms with van der Waals surface area (Å²) >= 11 is 0. The minimum Gasteiger partial charge on any atom is -0.379 e. The first-order valence-corrected chi connectivity index (χ1v) is 10.7. The zero-order valence-corrected chi connectivity index (χ0v) is 20.9. The Hall–Kier alpha value is -1.90. The predicted octanol–water partition coefficient (Wildman–Crippen LogP) is 4.72. The van der Waals surface area contributed by atoms with Crippen molar-refractivity contribution in [3.05, 3.63) is 77.4 Å². The number of guanidine groups is 1. The first kappa shape index (κ1) is 25.4. The quantitative estimate of drug-likeness (QED) is 0.219. The van der Waals surface area contributed by atoms with Gasteiger partial charge < -0.3 is 19.7 Å². The summed E-state index contributed by atoms with van der Waals surface area (Å²) in [5.74, 6) is 0.941. The molecule has 0 saturated carbocycles. The van der Waals surface area contributed by atoms with Crippen molar-refractivity contribution in [2.45, 2.75) is 26.5 Å². The molecule has 0 spiro atoms. The van der Waals surface area contributed by atoms with Gasteiger partial charge in [0, 0.05) is 33.3 Å². The van der Waals surface area contributed by atoms with Crippen LogP contribution in [-0.4, -0.2) is 50.8 Å². The third kappa shape index (κ3) is 8.27. The first-order chi connectivity index (χ1) is 14.8. The highest BCUT2D eigenvalue weighted by Gasteiger charge is 2.16. The van der Waals surface area contributed by atoms with Crippen molar-refractivity contribution in [2.75, 3.05) is 40.0 Å². The fourth-order valence-electron chi connectivity index (χ4n) is 3.57. The van der Waals surface area contributed by atoms with Gasteiger partial charge in [-0.15, -0.1) is 24.0 Å². The summed E-state index contributed by atoms with van der Waals surface area (Å²) in [4.78, 5) is 6.79. The molecule has 1 aliphatic rings. The highest BCUT2D eigenvalue weighted by atomic mass is 127. The molecule has 0 fully saturated rings. The number of nitrogens with zero attached hydrogens (tertiary/aromatic N) is 2. The number of aliphatic imine (C=N–C) groups is 1. The molecule has 0 amide bonds. The number of hydrogen-bond acceptors (Lipinski definition) is 3. The van der Waals surface area contributed by atoms with Gasteiger partial charge in [-0.2, -0.15) is 0 Å². The molecule has 2 aromatic carbocycles. The normalized spacial score (nSPS) is 14.1. The van der Waals surface area contributed by atoms with Crippen molar-refractivity contribution in [1.29, 1.82) is 0 Å². The van der Waals surface area contributed by atoms with Crippen molar-refractivity contribution in [3.63, 3.8) is 0 Å². The summed E-state index contributed by atoms with van der Waals surface area (Å²) in [6.07, 6.45) is 3.34. The van der Waals surface area contributed by atoms with E-state index in [1.54, 1.807) is 0 Å². The van der Waals surface area contributed by atoms with E-state index in [9.17, 15) is 0 Å². The number of rotatable bonds is 9. The minimum absolute atomic E-state index is 0. The van der Waals surface area contributed by atoms with E-state index in [0.717, 1.165) is 38.6 Å². The topological polar surface area (TPSA) is 46.1 Å². The van der Waals surface area contributed by atoms with Crippen LogP contribution in [0.2, 0.25) is 0 Å². The second-order valence-corrected chi connectivity index (χ2v) is 7.26. The Morgan fingerprint density at radius 3 is 2.52 bits per heavy atom. The number of ether oxygens (including phenoxy) is 2. The Labute approximate surface area is 203 Å². The van der Waals surface area contributed by atoms with Crippen LogP contribution in [0.4, 0.5) is 0 Å². The lowest BCUT2D eigenvalue weighted by Gasteiger charge is -2.30. The van der Waals surface area contributed by atoms with Crippen molar-refractivity contribution >= 4 is 35.5 Å². The van der Waals surface area contributed by atoms with Crippen LogP contribution >= 0.6 is 24.0 Å². The van der Waals surface area contributed by atoms with Gasteiger partial charge >= 0.3 is 0 Å². The molecular weight excluding hydrogens is 501 g/mol. The molecule has 5 nitrogen and oxygen atoms in total. The van der Waals surface area contributed by atoms with Gasteiger partial charge in [-0.25, -0.2) is 0 Å². The zero-order chi connectivity index (χ0) is 21.0. The van der Waals surface area contributed by atoms with Crippen LogP contribution in [0.5, 0.6) is 0 Å². The lowest BCUT2D eigenvalue weighted by Crippen LogP contribution is -2.43. The summed E-state index contributed by atoms with van der Waals surface area (Å²) in [5, 5.41) is 3.51. The third-order valence-corrected chi connectivity index (χ3v) is 5.15. The smallest absolute Gasteiger partial charge is 0.194 e. The average Bonchev–Trinajstić information content (AvgIpc) is 2.81. The van der Waals surface area contributed by atoms with Crippen LogP contribution in [0.25, 0.3) is 5.57 Å². The van der Waals surface area contributed by atoms with Crippen LogP contribution < -0.4 is 5.32 Å². The summed E-state index contributed by atoms with van der Waals surface area (Å²) in [7, 11) is 1.85. The molecule has 0 aliphatic carbocycles. The fourth-order valence-corrected chi connectivity index (χ4v) is 3.57. The average molecular weight is 535 g/mol. The van der Waals surface area contributed by atoms with E-state index in [-0.39, 0.29) is 24.0 Å². The first-order valence-electron chi connectivity index (χ1n) is 10.7. The Kier molecular flexibility index (Phi) is 11.6. The Morgan fingerprint density at radius 1 is 1.03 bits per heavy atom. The van der Waals surface area contributed by atoms with Gasteiger partial charge in [0.05, 0.1) is 19.8 Å². The van der Waals surface area contributed by atoms with E-state index in [1.807, 2.05) is 14.0 Å². The van der Waals surface area contributed by atoms with Crippen molar-refractivity contribution in [3.8, 4) is 0 Å². The molecule has 2 aromatic rings. The number of halogens is 1. The van der Waals surface area contributed by atoms with E-state index in [1.165, 1.54) is 22.3 Å². The standard InChI is InChI=1S/C25H33N3O2.HI/c1-3-29-16-17-30-20-22-9-7-8-21(18-22)19-27-25(26-2)28-14-12-24(13-15-28)23-10-5-4-6-11-23;/h4-12,18H,3,13-17,19-20H2,1-2H3,(H,26,27);1H. The van der Waals surface area contributed by atoms with Crippen LogP contribution in [0.15, 0.2) is 65.7 Å². The molecule has 1 aliphatic heterocycles. The SMILES string of the molecule is CCOCCOCc1cccc(CNC(=NC)N2CC=C(c3ccccc3)CC2)c1.I. The molecule has 0 bridgehead atoms. The van der Waals surface area contributed by atoms with Crippen LogP contribution in [0, 0.1) is 0 Å². The van der Waals surface area contributed by atoms with E-state index >= 15 is 0 Å². The maximum Gasteiger partial charge on any atom is 0.194 e. The van der Waals surface area contributed by atoms with Crippen molar-refractivity contribution < 1.29 is 9.47 Å². The van der Waals surface area contributed by atoms with Crippen molar-refractivity contribution in [2.24, 2.45) is 4.99 Å². The Bertz CT molecular complexity index is 840. The number of nitrogens with one attached hydrogen (secondary N) is 1. The van der Waals surface area contributed by atoms with Gasteiger partial charge in [0.15, 0.2) is 5.96 Å². The van der Waals surface area contributed by atoms with Crippen LogP contribution in [-0.2, 0) is 22.6 Å². The lowest BCUT2D eigenvalue weighted by atomic mass is 10.00. The van der Waals surface area contributed by atoms with Crippen molar-refractivity contribution in [1.82, 2.24) is 10.2 Å². The molecule has 0 saturated heterocycles. The molecular formula is C25H34IN3O2. The molecule has 0 radical (unpaired) electrons. The second-order valence-electron chi connectivity index (χ2n) is 7.26. The maximum atomic E-state index is 5.68. The summed E-state index contributed by atoms with van der Waals surface area (Å²) in [6.45, 7) is 7.17. The molecule has 1 heterocycles. The maximum absolute atomic E-state index is 5.68. The third-order valence-electron chi connectivity index (χ3n) is 5.15. The predicted molar refractivity (Wildman–Crippen MR) is 139 cm³/mol. The monoisotopic (exact) mass is 535 g/mol. The van der Waals surface area contributed by atoms with Gasteiger partial charge in [-0.05, 0) is 35.6 Å². The van der Waals surface area contributed by atoms with Gasteiger partial charge in [-0.1, -0.05) is 60.7 Å². The van der Waals surface area contributed by atoms with E-state index in [2.05, 4.69) is 75.9 Å². The Morgan fingerprint density at radius 2 is 1.81 bits per heavy atom. The molecule has 31 heavy (non-hydrogen) atoms. The van der Waals surface area contributed by atoms with Gasteiger partial charge in [0.25, 0.3) is 0 Å². The molecule has 1 N–H and O–H groups in total. The lowest BCUT2D eigenvalue weighted by molar-refractivity contribution is 0.0453. The number of hydrogen-bond donors (Lipinski definition) is 1. The van der Waals surface area contributed by atoms with Gasteiger partial charge in [0.2, 0.25) is 0 Å². The molecule has 0 atom stereocenters. The van der Waals surface area contributed by atoms with Crippen LogP contribution in [0.3, 0.4) is 0 Å². The highest BCUT2D eigenvalue weighted by Crippen LogP contribution is 2.22. The van der Waals surface area contributed by atoms with Crippen LogP contribution in [0.1, 0.15) is 30.0 Å². The van der Waals surface area contributed by atoms with Gasteiger partial charge in [-0.3, -0.25) is 4.99 Å². The fraction of sp³-hybridized carbons (Fsp3) is 0.400. The highest BCUT2D eigenvalue weighted by molar-refractivity contribution is 14.0.